The van der Waals surface area contributed by atoms with Crippen LogP contribution in [0.3, 0.4) is 0 Å². The second kappa shape index (κ2) is 6.80. The Bertz CT molecular complexity index is 283. The predicted molar refractivity (Wildman–Crippen MR) is 51.0 cm³/mol. The lowest BCUT2D eigenvalue weighted by molar-refractivity contribution is -0.314. The van der Waals surface area contributed by atoms with Gasteiger partial charge in [-0.05, 0) is 24.6 Å². The maximum Gasteiger partial charge on any atom is 0.0905 e. The maximum atomic E-state index is 9.34. The highest BCUT2D eigenvalue weighted by atomic mass is 16.4. The minimum absolute atomic E-state index is 1.11. The van der Waals surface area contributed by atoms with Crippen LogP contribution in [0.5, 0.6) is 0 Å². The molecule has 1 heterocycles. The molecule has 1 unspecified atom stereocenters. The van der Waals surface area contributed by atoms with Crippen molar-refractivity contribution in [3.63, 3.8) is 0 Å². The number of carboxylic acid groups (broad SMARTS) is 1. The van der Waals surface area contributed by atoms with E-state index in [0.717, 1.165) is 12.5 Å². The van der Waals surface area contributed by atoms with E-state index in [1.165, 1.54) is 0 Å². The highest BCUT2D eigenvalue weighted by molar-refractivity contribution is 5.68. The number of pyridine rings is 1. The minimum atomic E-state index is -1.44. The molecular weight excluding hydrogens is 182 g/mol. The van der Waals surface area contributed by atoms with Gasteiger partial charge in [-0.25, -0.2) is 0 Å². The van der Waals surface area contributed by atoms with Gasteiger partial charge >= 0.3 is 0 Å². The molecule has 1 aromatic rings. The van der Waals surface area contributed by atoms with Crippen LogP contribution >= 0.6 is 0 Å². The summed E-state index contributed by atoms with van der Waals surface area (Å²) >= 11 is 0. The number of aliphatic carboxylic acids is 1. The predicted octanol–water partition coefficient (Wildman–Crippen LogP) is -0.158. The van der Waals surface area contributed by atoms with Crippen LogP contribution in [0.15, 0.2) is 31.1 Å². The molecule has 1 N–H and O–H groups in total. The van der Waals surface area contributed by atoms with E-state index in [1.54, 1.807) is 18.5 Å². The van der Waals surface area contributed by atoms with Crippen molar-refractivity contribution in [2.24, 2.45) is 0 Å². The van der Waals surface area contributed by atoms with Crippen molar-refractivity contribution in [2.45, 2.75) is 13.0 Å². The van der Waals surface area contributed by atoms with E-state index < -0.39 is 12.1 Å². The van der Waals surface area contributed by atoms with E-state index in [1.807, 2.05) is 12.1 Å². The number of carboxylic acids is 1. The number of hydrogen-bond donors (Lipinski definition) is 1. The van der Waals surface area contributed by atoms with Gasteiger partial charge in [0.15, 0.2) is 0 Å². The lowest BCUT2D eigenvalue weighted by atomic mass is 10.3. The molecule has 0 bridgehead atoms. The molecule has 0 saturated heterocycles. The zero-order chi connectivity index (χ0) is 11.0. The number of aliphatic hydroxyl groups is 1. The second-order valence-electron chi connectivity index (χ2n) is 2.48. The van der Waals surface area contributed by atoms with Gasteiger partial charge in [-0.15, -0.1) is 0 Å². The number of nitrogens with zero attached hydrogens (tertiary/aromatic N) is 1. The summed E-state index contributed by atoms with van der Waals surface area (Å²) in [6.07, 6.45) is 3.94. The van der Waals surface area contributed by atoms with Crippen LogP contribution in [0, 0.1) is 0 Å². The van der Waals surface area contributed by atoms with E-state index in [9.17, 15) is 9.90 Å². The molecule has 0 aromatic carbocycles. The van der Waals surface area contributed by atoms with Crippen molar-refractivity contribution in [1.82, 2.24) is 4.98 Å². The van der Waals surface area contributed by atoms with Crippen LogP contribution in [0.1, 0.15) is 12.5 Å². The summed E-state index contributed by atoms with van der Waals surface area (Å²) in [5, 5.41) is 17.3. The first kappa shape index (κ1) is 12.3. The summed E-state index contributed by atoms with van der Waals surface area (Å²) in [5.74, 6) is -1.44. The van der Waals surface area contributed by atoms with E-state index in [-0.39, 0.29) is 0 Å². The van der Waals surface area contributed by atoms with Crippen molar-refractivity contribution in [1.29, 1.82) is 0 Å². The molecular formula is C10H12NO3-. The average Bonchev–Trinajstić information content (AvgIpc) is 2.20. The van der Waals surface area contributed by atoms with Gasteiger partial charge in [0.2, 0.25) is 0 Å². The number of carbonyl (C=O) groups excluding carboxylic acids is 1. The smallest absolute Gasteiger partial charge is 0.0905 e. The monoisotopic (exact) mass is 194 g/mol. The quantitative estimate of drug-likeness (QED) is 0.710. The van der Waals surface area contributed by atoms with Gasteiger partial charge in [0, 0.05) is 12.4 Å². The lowest BCUT2D eigenvalue weighted by Crippen LogP contribution is -2.32. The molecule has 4 nitrogen and oxygen atoms in total. The van der Waals surface area contributed by atoms with Gasteiger partial charge in [-0.3, -0.25) is 4.98 Å². The van der Waals surface area contributed by atoms with Crippen LogP contribution in [0.25, 0.3) is 6.08 Å². The van der Waals surface area contributed by atoms with Gasteiger partial charge in [-0.2, -0.15) is 0 Å². The molecule has 0 saturated carbocycles. The van der Waals surface area contributed by atoms with Crippen LogP contribution in [-0.4, -0.2) is 22.2 Å². The Morgan fingerprint density at radius 2 is 2.07 bits per heavy atom. The first-order chi connectivity index (χ1) is 6.57. The molecule has 0 amide bonds. The minimum Gasteiger partial charge on any atom is -0.547 e. The van der Waals surface area contributed by atoms with E-state index >= 15 is 0 Å². The summed E-state index contributed by atoms with van der Waals surface area (Å²) in [7, 11) is 0. The Hall–Kier alpha value is -1.68. The highest BCUT2D eigenvalue weighted by Gasteiger charge is 1.89. The largest absolute Gasteiger partial charge is 0.547 e. The van der Waals surface area contributed by atoms with Gasteiger partial charge in [0.25, 0.3) is 0 Å². The van der Waals surface area contributed by atoms with E-state index in [0.29, 0.717) is 0 Å². The fraction of sp³-hybridized carbons (Fsp3) is 0.200. The molecule has 0 aliphatic rings. The molecule has 0 spiro atoms. The zero-order valence-electron chi connectivity index (χ0n) is 7.88. The van der Waals surface area contributed by atoms with Crippen molar-refractivity contribution < 1.29 is 15.0 Å². The Kier molecular flexibility index (Phi) is 5.98. The summed E-state index contributed by atoms with van der Waals surface area (Å²) in [6.45, 7) is 4.74. The van der Waals surface area contributed by atoms with Gasteiger partial charge in [-0.1, -0.05) is 12.7 Å². The van der Waals surface area contributed by atoms with Gasteiger partial charge in [0.05, 0.1) is 12.1 Å². The summed E-state index contributed by atoms with van der Waals surface area (Å²) < 4.78 is 0. The molecule has 0 aliphatic carbocycles. The fourth-order valence-corrected chi connectivity index (χ4v) is 0.500. The number of aromatic nitrogens is 1. The Morgan fingerprint density at radius 3 is 2.29 bits per heavy atom. The lowest BCUT2D eigenvalue weighted by Gasteiger charge is -2.00. The van der Waals surface area contributed by atoms with Crippen LogP contribution in [0.2, 0.25) is 0 Å². The topological polar surface area (TPSA) is 73.2 Å². The number of hydrogen-bond acceptors (Lipinski definition) is 4. The number of rotatable bonds is 2. The van der Waals surface area contributed by atoms with Crippen LogP contribution in [0.4, 0.5) is 0 Å². The van der Waals surface area contributed by atoms with Crippen molar-refractivity contribution >= 4 is 12.0 Å². The van der Waals surface area contributed by atoms with Crippen molar-refractivity contribution in [3.05, 3.63) is 36.7 Å². The molecule has 76 valence electrons. The molecule has 0 fully saturated rings. The first-order valence-corrected chi connectivity index (χ1v) is 3.99. The number of carbonyl (C=O) groups is 1. The fourth-order valence-electron chi connectivity index (χ4n) is 0.500. The van der Waals surface area contributed by atoms with Crippen molar-refractivity contribution in [3.8, 4) is 0 Å². The summed E-state index contributed by atoms with van der Waals surface area (Å²) in [4.78, 5) is 13.2. The molecule has 4 heteroatoms. The normalized spacial score (nSPS) is 10.7. The van der Waals surface area contributed by atoms with Gasteiger partial charge < -0.3 is 15.0 Å². The standard InChI is InChI=1S/C7H7N.C3H6O3/c1-2-7-3-5-8-6-4-7;1-2(4)3(5)6/h2-6H,1H2;2,4H,1H3,(H,5,6)/p-1. The summed E-state index contributed by atoms with van der Waals surface area (Å²) in [5.41, 5.74) is 1.11. The number of aliphatic hydroxyl groups excluding tert-OH is 1. The third-order valence-corrected chi connectivity index (χ3v) is 1.28. The molecule has 1 aromatic heterocycles. The SMILES string of the molecule is C=Cc1ccncc1.CC(O)C(=O)[O-]. The first-order valence-electron chi connectivity index (χ1n) is 3.99. The Morgan fingerprint density at radius 1 is 1.64 bits per heavy atom. The molecule has 0 aliphatic heterocycles. The highest BCUT2D eigenvalue weighted by Crippen LogP contribution is 1.94. The third kappa shape index (κ3) is 5.91. The molecule has 14 heavy (non-hydrogen) atoms. The van der Waals surface area contributed by atoms with E-state index in [2.05, 4.69) is 11.6 Å². The van der Waals surface area contributed by atoms with Crippen LogP contribution < -0.4 is 5.11 Å². The Labute approximate surface area is 82.5 Å². The average molecular weight is 194 g/mol. The van der Waals surface area contributed by atoms with Crippen molar-refractivity contribution in [2.75, 3.05) is 0 Å². The molecule has 0 radical (unpaired) electrons. The van der Waals surface area contributed by atoms with E-state index in [4.69, 9.17) is 5.11 Å². The summed E-state index contributed by atoms with van der Waals surface area (Å²) in [6, 6.07) is 3.82. The van der Waals surface area contributed by atoms with Crippen LogP contribution in [-0.2, 0) is 4.79 Å². The Balaban J connectivity index is 0.000000255. The third-order valence-electron chi connectivity index (χ3n) is 1.28. The van der Waals surface area contributed by atoms with Gasteiger partial charge in [0.1, 0.15) is 0 Å². The molecule has 1 rings (SSSR count). The maximum absolute atomic E-state index is 9.34. The zero-order valence-corrected chi connectivity index (χ0v) is 7.88. The molecule has 1 atom stereocenters. The second-order valence-corrected chi connectivity index (χ2v) is 2.48.